The fourth-order valence-corrected chi connectivity index (χ4v) is 2.86. The van der Waals surface area contributed by atoms with Gasteiger partial charge in [0, 0.05) is 32.2 Å². The van der Waals surface area contributed by atoms with Crippen LogP contribution < -0.4 is 5.32 Å². The summed E-state index contributed by atoms with van der Waals surface area (Å²) in [5.74, 6) is 0.362. The molecule has 2 rings (SSSR count). The Kier molecular flexibility index (Phi) is 5.20. The van der Waals surface area contributed by atoms with E-state index in [1.807, 2.05) is 6.07 Å². The number of nitrogens with one attached hydrogen (secondary N) is 1. The molecule has 1 aromatic carbocycles. The second-order valence-electron chi connectivity index (χ2n) is 5.76. The van der Waals surface area contributed by atoms with E-state index in [2.05, 4.69) is 24.1 Å². The molecule has 1 atom stereocenters. The van der Waals surface area contributed by atoms with Gasteiger partial charge in [-0.3, -0.25) is 4.90 Å². The van der Waals surface area contributed by atoms with Crippen LogP contribution in [0.4, 0.5) is 4.39 Å². The lowest BCUT2D eigenvalue weighted by Gasteiger charge is -2.34. The monoisotopic (exact) mass is 284 g/mol. The van der Waals surface area contributed by atoms with E-state index in [9.17, 15) is 4.39 Å². The molecule has 1 heterocycles. The second kappa shape index (κ2) is 6.69. The molecule has 1 aromatic rings. The Morgan fingerprint density at radius 2 is 2.26 bits per heavy atom. The van der Waals surface area contributed by atoms with Gasteiger partial charge in [-0.05, 0) is 30.0 Å². The lowest BCUT2D eigenvalue weighted by Crippen LogP contribution is -2.50. The lowest BCUT2D eigenvalue weighted by atomic mass is 10.0. The molecule has 2 nitrogen and oxygen atoms in total. The highest BCUT2D eigenvalue weighted by molar-refractivity contribution is 6.30. The molecule has 0 amide bonds. The number of rotatable bonds is 4. The van der Waals surface area contributed by atoms with Gasteiger partial charge in [0.05, 0.1) is 5.02 Å². The zero-order chi connectivity index (χ0) is 13.8. The van der Waals surface area contributed by atoms with Gasteiger partial charge in [0.2, 0.25) is 0 Å². The SMILES string of the molecule is CC(C)CC1CN(Cc2ccc(F)c(Cl)c2)CCN1. The third-order valence-electron chi connectivity index (χ3n) is 3.49. The minimum absolute atomic E-state index is 0.214. The summed E-state index contributed by atoms with van der Waals surface area (Å²) < 4.78 is 13.1. The van der Waals surface area contributed by atoms with Crippen LogP contribution in [-0.4, -0.2) is 30.6 Å². The van der Waals surface area contributed by atoms with Crippen molar-refractivity contribution >= 4 is 11.6 Å². The van der Waals surface area contributed by atoms with Crippen LogP contribution >= 0.6 is 11.6 Å². The van der Waals surface area contributed by atoms with Crippen molar-refractivity contribution in [3.8, 4) is 0 Å². The van der Waals surface area contributed by atoms with E-state index >= 15 is 0 Å². The lowest BCUT2D eigenvalue weighted by molar-refractivity contribution is 0.179. The summed E-state index contributed by atoms with van der Waals surface area (Å²) >= 11 is 5.82. The van der Waals surface area contributed by atoms with Gasteiger partial charge < -0.3 is 5.32 Å². The zero-order valence-corrected chi connectivity index (χ0v) is 12.4. The average Bonchev–Trinajstić information content (AvgIpc) is 2.33. The molecular formula is C15H22ClFN2. The van der Waals surface area contributed by atoms with Crippen molar-refractivity contribution in [2.24, 2.45) is 5.92 Å². The number of halogens is 2. The van der Waals surface area contributed by atoms with Gasteiger partial charge in [-0.2, -0.15) is 0 Å². The molecule has 1 unspecified atom stereocenters. The smallest absolute Gasteiger partial charge is 0.141 e. The molecule has 0 aromatic heterocycles. The van der Waals surface area contributed by atoms with E-state index in [1.165, 1.54) is 12.5 Å². The second-order valence-corrected chi connectivity index (χ2v) is 6.17. The largest absolute Gasteiger partial charge is 0.311 e. The van der Waals surface area contributed by atoms with Crippen LogP contribution in [0, 0.1) is 11.7 Å². The third-order valence-corrected chi connectivity index (χ3v) is 3.78. The summed E-state index contributed by atoms with van der Waals surface area (Å²) in [5.41, 5.74) is 1.08. The van der Waals surface area contributed by atoms with Crippen molar-refractivity contribution in [1.82, 2.24) is 10.2 Å². The van der Waals surface area contributed by atoms with Crippen LogP contribution in [0.5, 0.6) is 0 Å². The zero-order valence-electron chi connectivity index (χ0n) is 11.6. The van der Waals surface area contributed by atoms with E-state index in [0.29, 0.717) is 12.0 Å². The van der Waals surface area contributed by atoms with Crippen molar-refractivity contribution in [3.63, 3.8) is 0 Å². The molecule has 0 aliphatic carbocycles. The van der Waals surface area contributed by atoms with Gasteiger partial charge in [-0.25, -0.2) is 4.39 Å². The first-order valence-electron chi connectivity index (χ1n) is 6.94. The molecule has 0 saturated carbocycles. The Morgan fingerprint density at radius 3 is 2.95 bits per heavy atom. The minimum atomic E-state index is -0.344. The first-order valence-corrected chi connectivity index (χ1v) is 7.32. The number of hydrogen-bond acceptors (Lipinski definition) is 2. The van der Waals surface area contributed by atoms with Crippen molar-refractivity contribution in [3.05, 3.63) is 34.6 Å². The van der Waals surface area contributed by atoms with Gasteiger partial charge in [-0.15, -0.1) is 0 Å². The van der Waals surface area contributed by atoms with Crippen molar-refractivity contribution in [1.29, 1.82) is 0 Å². The predicted molar refractivity (Wildman–Crippen MR) is 77.9 cm³/mol. The van der Waals surface area contributed by atoms with Gasteiger partial charge in [0.1, 0.15) is 5.82 Å². The molecule has 1 N–H and O–H groups in total. The molecule has 4 heteroatoms. The molecule has 1 fully saturated rings. The van der Waals surface area contributed by atoms with Crippen molar-refractivity contribution in [2.75, 3.05) is 19.6 Å². The van der Waals surface area contributed by atoms with Gasteiger partial charge >= 0.3 is 0 Å². The van der Waals surface area contributed by atoms with E-state index in [1.54, 1.807) is 6.07 Å². The molecule has 19 heavy (non-hydrogen) atoms. The topological polar surface area (TPSA) is 15.3 Å². The summed E-state index contributed by atoms with van der Waals surface area (Å²) in [6.07, 6.45) is 1.20. The number of piperazine rings is 1. The highest BCUT2D eigenvalue weighted by atomic mass is 35.5. The number of nitrogens with zero attached hydrogens (tertiary/aromatic N) is 1. The highest BCUT2D eigenvalue weighted by Gasteiger charge is 2.20. The Balaban J connectivity index is 1.92. The molecule has 106 valence electrons. The van der Waals surface area contributed by atoms with Crippen LogP contribution in [-0.2, 0) is 6.54 Å². The molecule has 0 spiro atoms. The summed E-state index contributed by atoms with van der Waals surface area (Å²) in [5, 5.41) is 3.77. The van der Waals surface area contributed by atoms with E-state index in [-0.39, 0.29) is 10.8 Å². The summed E-state index contributed by atoms with van der Waals surface area (Å²) in [6, 6.07) is 5.56. The minimum Gasteiger partial charge on any atom is -0.311 e. The van der Waals surface area contributed by atoms with Crippen LogP contribution in [0.25, 0.3) is 0 Å². The Morgan fingerprint density at radius 1 is 1.47 bits per heavy atom. The average molecular weight is 285 g/mol. The van der Waals surface area contributed by atoms with E-state index in [4.69, 9.17) is 11.6 Å². The third kappa shape index (κ3) is 4.44. The maximum Gasteiger partial charge on any atom is 0.141 e. The Bertz CT molecular complexity index is 423. The van der Waals surface area contributed by atoms with E-state index < -0.39 is 0 Å². The normalized spacial score (nSPS) is 21.0. The highest BCUT2D eigenvalue weighted by Crippen LogP contribution is 2.18. The number of benzene rings is 1. The molecule has 1 saturated heterocycles. The van der Waals surface area contributed by atoms with Crippen LogP contribution in [0.2, 0.25) is 5.02 Å². The summed E-state index contributed by atoms with van der Waals surface area (Å²) in [7, 11) is 0. The van der Waals surface area contributed by atoms with Gasteiger partial charge in [0.15, 0.2) is 0 Å². The predicted octanol–water partition coefficient (Wildman–Crippen LogP) is 3.30. The molecule has 1 aliphatic heterocycles. The fraction of sp³-hybridized carbons (Fsp3) is 0.600. The first-order chi connectivity index (χ1) is 9.04. The van der Waals surface area contributed by atoms with Gasteiger partial charge in [-0.1, -0.05) is 31.5 Å². The van der Waals surface area contributed by atoms with E-state index in [0.717, 1.165) is 31.7 Å². The first kappa shape index (κ1) is 14.8. The van der Waals surface area contributed by atoms with Crippen LogP contribution in [0.1, 0.15) is 25.8 Å². The summed E-state index contributed by atoms with van der Waals surface area (Å²) in [4.78, 5) is 2.41. The molecular weight excluding hydrogens is 263 g/mol. The standard InChI is InChI=1S/C15H22ClFN2/c1-11(2)7-13-10-19(6-5-18-13)9-12-3-4-15(17)14(16)8-12/h3-4,8,11,13,18H,5-7,9-10H2,1-2H3. The Hall–Kier alpha value is -0.640. The Labute approximate surface area is 119 Å². The quantitative estimate of drug-likeness (QED) is 0.913. The fourth-order valence-electron chi connectivity index (χ4n) is 2.66. The summed E-state index contributed by atoms with van der Waals surface area (Å²) in [6.45, 7) is 8.44. The molecule has 0 bridgehead atoms. The van der Waals surface area contributed by atoms with Gasteiger partial charge in [0.25, 0.3) is 0 Å². The van der Waals surface area contributed by atoms with Crippen molar-refractivity contribution in [2.45, 2.75) is 32.9 Å². The van der Waals surface area contributed by atoms with Crippen molar-refractivity contribution < 1.29 is 4.39 Å². The van der Waals surface area contributed by atoms with Crippen LogP contribution in [0.15, 0.2) is 18.2 Å². The number of hydrogen-bond donors (Lipinski definition) is 1. The maximum absolute atomic E-state index is 13.1. The van der Waals surface area contributed by atoms with Crippen LogP contribution in [0.3, 0.4) is 0 Å². The maximum atomic E-state index is 13.1. The molecule has 1 aliphatic rings. The molecule has 0 radical (unpaired) electrons.